The van der Waals surface area contributed by atoms with Gasteiger partial charge in [0.1, 0.15) is 12.4 Å². The summed E-state index contributed by atoms with van der Waals surface area (Å²) in [5.41, 5.74) is 2.56. The number of hydrogen-bond donors (Lipinski definition) is 0. The largest absolute Gasteiger partial charge is 0.489 e. The molecule has 0 radical (unpaired) electrons. The van der Waals surface area contributed by atoms with Crippen molar-refractivity contribution in [3.63, 3.8) is 0 Å². The quantitative estimate of drug-likeness (QED) is 0.485. The molecule has 0 unspecified atom stereocenters. The van der Waals surface area contributed by atoms with Crippen LogP contribution in [0, 0.1) is 0 Å². The number of carbonyl (C=O) groups is 1. The number of nitrogens with zero attached hydrogens (tertiary/aromatic N) is 2. The number of ether oxygens (including phenoxy) is 1. The molecule has 0 atom stereocenters. The van der Waals surface area contributed by atoms with Gasteiger partial charge in [0.15, 0.2) is 5.13 Å². The molecule has 5 heteroatoms. The van der Waals surface area contributed by atoms with Crippen LogP contribution in [0.5, 0.6) is 5.75 Å². The van der Waals surface area contributed by atoms with Crippen molar-refractivity contribution in [1.82, 2.24) is 4.98 Å². The zero-order chi connectivity index (χ0) is 18.6. The number of anilines is 1. The second kappa shape index (κ2) is 7.60. The van der Waals surface area contributed by atoms with Crippen molar-refractivity contribution in [2.24, 2.45) is 0 Å². The Labute approximate surface area is 161 Å². The molecule has 0 saturated carbocycles. The predicted molar refractivity (Wildman–Crippen MR) is 110 cm³/mol. The third-order valence-electron chi connectivity index (χ3n) is 4.20. The van der Waals surface area contributed by atoms with Gasteiger partial charge in [-0.3, -0.25) is 9.69 Å². The van der Waals surface area contributed by atoms with Crippen molar-refractivity contribution >= 4 is 32.6 Å². The summed E-state index contributed by atoms with van der Waals surface area (Å²) in [5.74, 6) is 0.557. The van der Waals surface area contributed by atoms with Gasteiger partial charge in [-0.05, 0) is 35.9 Å². The molecule has 0 aliphatic heterocycles. The average Bonchev–Trinajstić information content (AvgIpc) is 3.16. The molecular weight excluding hydrogens is 356 g/mol. The number of fused-ring (bicyclic) bond motifs is 1. The lowest BCUT2D eigenvalue weighted by Gasteiger charge is -2.14. The minimum absolute atomic E-state index is 0.112. The summed E-state index contributed by atoms with van der Waals surface area (Å²) in [4.78, 5) is 19.0. The van der Waals surface area contributed by atoms with Crippen LogP contribution >= 0.6 is 11.3 Å². The number of rotatable bonds is 5. The van der Waals surface area contributed by atoms with E-state index in [1.807, 2.05) is 66.7 Å². The molecule has 0 spiro atoms. The fourth-order valence-electron chi connectivity index (χ4n) is 2.74. The Morgan fingerprint density at radius 1 is 1.00 bits per heavy atom. The van der Waals surface area contributed by atoms with Crippen molar-refractivity contribution < 1.29 is 9.53 Å². The van der Waals surface area contributed by atoms with E-state index in [1.54, 1.807) is 24.1 Å². The maximum Gasteiger partial charge on any atom is 0.259 e. The minimum atomic E-state index is -0.112. The number of carbonyl (C=O) groups excluding carboxylic acids is 1. The number of benzene rings is 3. The molecule has 134 valence electrons. The summed E-state index contributed by atoms with van der Waals surface area (Å²) in [6.07, 6.45) is 0. The highest BCUT2D eigenvalue weighted by Gasteiger charge is 2.17. The van der Waals surface area contributed by atoms with Crippen LogP contribution in [0.25, 0.3) is 10.2 Å². The second-order valence-corrected chi connectivity index (χ2v) is 7.14. The highest BCUT2D eigenvalue weighted by atomic mass is 32.1. The molecule has 0 aliphatic rings. The first kappa shape index (κ1) is 17.2. The maximum atomic E-state index is 12.9. The Morgan fingerprint density at radius 2 is 1.78 bits per heavy atom. The summed E-state index contributed by atoms with van der Waals surface area (Å²) in [5, 5.41) is 0.678. The third-order valence-corrected chi connectivity index (χ3v) is 5.32. The Kier molecular flexibility index (Phi) is 4.85. The van der Waals surface area contributed by atoms with Gasteiger partial charge in [-0.1, -0.05) is 59.9 Å². The van der Waals surface area contributed by atoms with E-state index in [9.17, 15) is 4.79 Å². The number of para-hydroxylation sites is 1. The number of amides is 1. The molecule has 0 saturated heterocycles. The van der Waals surface area contributed by atoms with Crippen molar-refractivity contribution in [3.8, 4) is 5.75 Å². The topological polar surface area (TPSA) is 42.4 Å². The highest BCUT2D eigenvalue weighted by molar-refractivity contribution is 7.22. The molecule has 0 fully saturated rings. The van der Waals surface area contributed by atoms with Crippen molar-refractivity contribution in [3.05, 3.63) is 90.0 Å². The van der Waals surface area contributed by atoms with Crippen LogP contribution in [-0.2, 0) is 6.61 Å². The first-order valence-electron chi connectivity index (χ1n) is 8.61. The van der Waals surface area contributed by atoms with E-state index in [0.29, 0.717) is 23.1 Å². The summed E-state index contributed by atoms with van der Waals surface area (Å²) in [6, 6.07) is 25.1. The molecule has 1 heterocycles. The van der Waals surface area contributed by atoms with Crippen LogP contribution in [-0.4, -0.2) is 17.9 Å². The van der Waals surface area contributed by atoms with E-state index < -0.39 is 0 Å². The Balaban J connectivity index is 1.51. The predicted octanol–water partition coefficient (Wildman–Crippen LogP) is 5.15. The molecule has 0 bridgehead atoms. The Bertz CT molecular complexity index is 1040. The lowest BCUT2D eigenvalue weighted by molar-refractivity contribution is 0.0992. The van der Waals surface area contributed by atoms with Gasteiger partial charge in [-0.2, -0.15) is 0 Å². The number of aromatic nitrogens is 1. The molecule has 0 N–H and O–H groups in total. The molecule has 0 aliphatic carbocycles. The van der Waals surface area contributed by atoms with Gasteiger partial charge < -0.3 is 4.74 Å². The van der Waals surface area contributed by atoms with E-state index in [2.05, 4.69) is 4.98 Å². The van der Waals surface area contributed by atoms with E-state index in [0.717, 1.165) is 15.8 Å². The molecule has 1 amide bonds. The fraction of sp³-hybridized carbons (Fsp3) is 0.0909. The van der Waals surface area contributed by atoms with Gasteiger partial charge in [-0.25, -0.2) is 4.98 Å². The summed E-state index contributed by atoms with van der Waals surface area (Å²) in [7, 11) is 1.75. The SMILES string of the molecule is CN(C(=O)c1cccc(OCc2ccccc2)c1)c1nc2ccccc2s1. The van der Waals surface area contributed by atoms with Gasteiger partial charge in [0.25, 0.3) is 5.91 Å². The van der Waals surface area contributed by atoms with E-state index in [4.69, 9.17) is 4.74 Å². The Morgan fingerprint density at radius 3 is 2.59 bits per heavy atom. The van der Waals surface area contributed by atoms with Crippen molar-refractivity contribution in [2.45, 2.75) is 6.61 Å². The first-order valence-corrected chi connectivity index (χ1v) is 9.43. The number of hydrogen-bond acceptors (Lipinski definition) is 4. The van der Waals surface area contributed by atoms with Crippen molar-refractivity contribution in [2.75, 3.05) is 11.9 Å². The fourth-order valence-corrected chi connectivity index (χ4v) is 3.67. The standard InChI is InChI=1S/C22H18N2O2S/c1-24(22-23-19-12-5-6-13-20(19)27-22)21(25)17-10-7-11-18(14-17)26-15-16-8-3-2-4-9-16/h2-14H,15H2,1H3. The van der Waals surface area contributed by atoms with Gasteiger partial charge in [0.2, 0.25) is 0 Å². The normalized spacial score (nSPS) is 10.7. The summed E-state index contributed by atoms with van der Waals surface area (Å²) >= 11 is 1.50. The van der Waals surface area contributed by atoms with Crippen LogP contribution in [0.4, 0.5) is 5.13 Å². The summed E-state index contributed by atoms with van der Waals surface area (Å²) in [6.45, 7) is 0.464. The first-order chi connectivity index (χ1) is 13.2. The monoisotopic (exact) mass is 374 g/mol. The van der Waals surface area contributed by atoms with Crippen LogP contribution in [0.1, 0.15) is 15.9 Å². The molecule has 3 aromatic carbocycles. The smallest absolute Gasteiger partial charge is 0.259 e. The lowest BCUT2D eigenvalue weighted by Crippen LogP contribution is -2.26. The third kappa shape index (κ3) is 3.83. The van der Waals surface area contributed by atoms with Gasteiger partial charge in [-0.15, -0.1) is 0 Å². The van der Waals surface area contributed by atoms with Gasteiger partial charge >= 0.3 is 0 Å². The lowest BCUT2D eigenvalue weighted by atomic mass is 10.2. The summed E-state index contributed by atoms with van der Waals surface area (Å²) < 4.78 is 6.89. The van der Waals surface area contributed by atoms with Gasteiger partial charge in [0.05, 0.1) is 10.2 Å². The van der Waals surface area contributed by atoms with Crippen LogP contribution in [0.15, 0.2) is 78.9 Å². The van der Waals surface area contributed by atoms with E-state index in [1.165, 1.54) is 11.3 Å². The molecule has 4 nitrogen and oxygen atoms in total. The van der Waals surface area contributed by atoms with Gasteiger partial charge in [0, 0.05) is 12.6 Å². The maximum absolute atomic E-state index is 12.9. The second-order valence-electron chi connectivity index (χ2n) is 6.13. The van der Waals surface area contributed by atoms with E-state index in [-0.39, 0.29) is 5.91 Å². The molecule has 4 rings (SSSR count). The zero-order valence-corrected chi connectivity index (χ0v) is 15.6. The highest BCUT2D eigenvalue weighted by Crippen LogP contribution is 2.29. The van der Waals surface area contributed by atoms with E-state index >= 15 is 0 Å². The molecule has 4 aromatic rings. The number of thiazole rings is 1. The van der Waals surface area contributed by atoms with Crippen LogP contribution in [0.3, 0.4) is 0 Å². The molecule has 27 heavy (non-hydrogen) atoms. The average molecular weight is 374 g/mol. The molecular formula is C22H18N2O2S. The van der Waals surface area contributed by atoms with Crippen molar-refractivity contribution in [1.29, 1.82) is 0 Å². The Hall–Kier alpha value is -3.18. The van der Waals surface area contributed by atoms with Crippen LogP contribution in [0.2, 0.25) is 0 Å². The zero-order valence-electron chi connectivity index (χ0n) is 14.8. The van der Waals surface area contributed by atoms with Crippen LogP contribution < -0.4 is 9.64 Å². The molecule has 1 aromatic heterocycles. The minimum Gasteiger partial charge on any atom is -0.489 e.